The van der Waals surface area contributed by atoms with Crippen molar-refractivity contribution in [3.8, 4) is 0 Å². The maximum Gasteiger partial charge on any atom is 0.102 e. The second kappa shape index (κ2) is 19.1. The summed E-state index contributed by atoms with van der Waals surface area (Å²) in [7, 11) is 2.00. The summed E-state index contributed by atoms with van der Waals surface area (Å²) < 4.78 is 0. The van der Waals surface area contributed by atoms with Crippen LogP contribution in [-0.4, -0.2) is 7.28 Å². The molecule has 0 aliphatic heterocycles. The first-order chi connectivity index (χ1) is 1.41. The van der Waals surface area contributed by atoms with Crippen LogP contribution in [0.2, 0.25) is 13.6 Å². The first kappa shape index (κ1) is 16.4. The molecule has 2 radical (unpaired) electrons. The van der Waals surface area contributed by atoms with E-state index >= 15 is 0 Å². The van der Waals surface area contributed by atoms with Gasteiger partial charge in [0.05, 0.1) is 0 Å². The molecule has 0 bridgehead atoms. The van der Waals surface area contributed by atoms with Gasteiger partial charge in [0.1, 0.15) is 7.28 Å². The fourth-order valence-electron chi connectivity index (χ4n) is 0. The van der Waals surface area contributed by atoms with Crippen LogP contribution in [0, 0.1) is 7.43 Å². The largest absolute Gasteiger partial charge is 0.358 e. The van der Waals surface area contributed by atoms with E-state index in [2.05, 4.69) is 0 Å². The van der Waals surface area contributed by atoms with Crippen LogP contribution in [0.1, 0.15) is 0 Å². The van der Waals surface area contributed by atoms with Gasteiger partial charge in [0.15, 0.2) is 0 Å². The predicted molar refractivity (Wildman–Crippen MR) is 23.9 cm³/mol. The molecule has 0 N–H and O–H groups in total. The molecule has 0 nitrogen and oxygen atoms in total. The Bertz CT molecular complexity index is 6.85. The zero-order chi connectivity index (χ0) is 2.71. The van der Waals surface area contributed by atoms with E-state index in [-0.39, 0.29) is 40.1 Å². The van der Waals surface area contributed by atoms with E-state index in [1.54, 1.807) is 0 Å². The molecule has 0 atom stereocenters. The minimum absolute atomic E-state index is 0. The Kier molecular flexibility index (Phi) is 62.7. The maximum absolute atomic E-state index is 2.00. The zero-order valence-corrected chi connectivity index (χ0v) is 6.99. The molecule has 0 rings (SSSR count). The zero-order valence-electron chi connectivity index (χ0n) is 4.15. The topological polar surface area (TPSA) is 0 Å². The molecule has 0 saturated carbocycles. The Labute approximate surface area is 60.8 Å². The Morgan fingerprint density at radius 3 is 1.20 bits per heavy atom. The summed E-state index contributed by atoms with van der Waals surface area (Å²) in [6.07, 6.45) is 0. The third kappa shape index (κ3) is 38.0. The van der Waals surface area contributed by atoms with Gasteiger partial charge in [-0.3, -0.25) is 0 Å². The predicted octanol–water partition coefficient (Wildman–Crippen LogP) is 1.23. The van der Waals surface area contributed by atoms with Gasteiger partial charge in [-0.05, 0) is 0 Å². The van der Waals surface area contributed by atoms with Crippen molar-refractivity contribution >= 4 is 7.28 Å². The van der Waals surface area contributed by atoms with Crippen LogP contribution in [0.15, 0.2) is 0 Å². The summed E-state index contributed by atoms with van der Waals surface area (Å²) in [4.78, 5) is 0. The van der Waals surface area contributed by atoms with E-state index in [9.17, 15) is 0 Å². The minimum Gasteiger partial charge on any atom is -0.358 e. The van der Waals surface area contributed by atoms with Crippen LogP contribution >= 0.6 is 0 Å². The van der Waals surface area contributed by atoms with E-state index in [1.807, 2.05) is 20.9 Å². The Balaban J connectivity index is -0.0000000200. The number of hydrogen-bond donors (Lipinski definition) is 0. The third-order valence-electron chi connectivity index (χ3n) is 0. The van der Waals surface area contributed by atoms with Gasteiger partial charge in [-0.25, -0.2) is 0 Å². The first-order valence-electron chi connectivity index (χ1n) is 1.15. The van der Waals surface area contributed by atoms with Crippen LogP contribution < -0.4 is 0 Å². The Morgan fingerprint density at radius 2 is 1.20 bits per heavy atom. The van der Waals surface area contributed by atoms with Crippen LogP contribution in [-0.2, 0) is 32.7 Å². The molecular formula is C3H9BY-. The van der Waals surface area contributed by atoms with Crippen molar-refractivity contribution in [2.75, 3.05) is 0 Å². The molecule has 2 heteroatoms. The summed E-state index contributed by atoms with van der Waals surface area (Å²) in [6, 6.07) is 0. The number of rotatable bonds is 0. The summed E-state index contributed by atoms with van der Waals surface area (Å²) >= 11 is 0. The van der Waals surface area contributed by atoms with Crippen LogP contribution in [0.25, 0.3) is 0 Å². The summed E-state index contributed by atoms with van der Waals surface area (Å²) in [5.41, 5.74) is 0. The number of hydrogen-bond acceptors (Lipinski definition) is 0. The normalized spacial score (nSPS) is 2.80. The molecule has 0 amide bonds. The average Bonchev–Trinajstić information content (AvgIpc) is 0.918. The molecule has 0 aromatic heterocycles. The van der Waals surface area contributed by atoms with Crippen molar-refractivity contribution in [3.05, 3.63) is 7.43 Å². The smallest absolute Gasteiger partial charge is 0.102 e. The maximum atomic E-state index is 2.00. The molecule has 0 unspecified atom stereocenters. The fourth-order valence-corrected chi connectivity index (χ4v) is 0. The SMILES string of the molecule is C[B]C.[CH3-].[Y]. The average molecular weight is 145 g/mol. The molecule has 0 aromatic rings. The second-order valence-electron chi connectivity index (χ2n) is 0.577. The van der Waals surface area contributed by atoms with Crippen molar-refractivity contribution in [2.24, 2.45) is 0 Å². The summed E-state index contributed by atoms with van der Waals surface area (Å²) in [6.45, 7) is 4.00. The van der Waals surface area contributed by atoms with E-state index in [4.69, 9.17) is 0 Å². The van der Waals surface area contributed by atoms with Gasteiger partial charge >= 0.3 is 0 Å². The molecule has 0 aromatic carbocycles. The summed E-state index contributed by atoms with van der Waals surface area (Å²) in [5.74, 6) is 0. The minimum atomic E-state index is 0. The van der Waals surface area contributed by atoms with Gasteiger partial charge in [-0.2, -0.15) is 0 Å². The van der Waals surface area contributed by atoms with Crippen molar-refractivity contribution in [1.82, 2.24) is 0 Å². The monoisotopic (exact) mass is 145 g/mol. The molecule has 0 heterocycles. The van der Waals surface area contributed by atoms with E-state index in [1.165, 1.54) is 0 Å². The van der Waals surface area contributed by atoms with Gasteiger partial charge in [0, 0.05) is 32.7 Å². The van der Waals surface area contributed by atoms with Crippen LogP contribution in [0.3, 0.4) is 0 Å². The van der Waals surface area contributed by atoms with Gasteiger partial charge in [0.2, 0.25) is 0 Å². The molecule has 0 saturated heterocycles. The Hall–Kier alpha value is 1.17. The van der Waals surface area contributed by atoms with E-state index in [0.29, 0.717) is 0 Å². The summed E-state index contributed by atoms with van der Waals surface area (Å²) in [5, 5.41) is 0. The molecular weight excluding hydrogens is 136 g/mol. The van der Waals surface area contributed by atoms with Gasteiger partial charge in [0.25, 0.3) is 0 Å². The molecule has 0 aliphatic rings. The van der Waals surface area contributed by atoms with Crippen molar-refractivity contribution in [2.45, 2.75) is 13.6 Å². The van der Waals surface area contributed by atoms with Crippen molar-refractivity contribution in [3.63, 3.8) is 0 Å². The first-order valence-corrected chi connectivity index (χ1v) is 1.15. The van der Waals surface area contributed by atoms with Crippen LogP contribution in [0.5, 0.6) is 0 Å². The molecule has 28 valence electrons. The fraction of sp³-hybridized carbons (Fsp3) is 0.667. The molecule has 0 spiro atoms. The van der Waals surface area contributed by atoms with Crippen LogP contribution in [0.4, 0.5) is 0 Å². The van der Waals surface area contributed by atoms with Crippen molar-refractivity contribution in [1.29, 1.82) is 0 Å². The molecule has 0 aliphatic carbocycles. The molecule has 0 fully saturated rings. The molecule has 5 heavy (non-hydrogen) atoms. The second-order valence-corrected chi connectivity index (χ2v) is 0.577. The standard InChI is InChI=1S/C2H6B.CH3.Y/c1-3-2;;/h1-2H3;1H3;/q;-1;. The van der Waals surface area contributed by atoms with E-state index in [0.717, 1.165) is 0 Å². The van der Waals surface area contributed by atoms with Crippen molar-refractivity contribution < 1.29 is 32.7 Å². The van der Waals surface area contributed by atoms with Gasteiger partial charge in [-0.1, -0.05) is 13.6 Å². The van der Waals surface area contributed by atoms with Gasteiger partial charge in [-0.15, -0.1) is 0 Å². The Morgan fingerprint density at radius 1 is 1.20 bits per heavy atom. The quantitative estimate of drug-likeness (QED) is 0.355. The van der Waals surface area contributed by atoms with E-state index < -0.39 is 0 Å². The third-order valence-corrected chi connectivity index (χ3v) is 0. The van der Waals surface area contributed by atoms with Gasteiger partial charge < -0.3 is 7.43 Å².